The van der Waals surface area contributed by atoms with E-state index in [1.165, 1.54) is 70.6 Å². The lowest BCUT2D eigenvalue weighted by atomic mass is 9.62. The molecule has 0 aliphatic heterocycles. The summed E-state index contributed by atoms with van der Waals surface area (Å²) in [5, 5.41) is 0. The van der Waals surface area contributed by atoms with Gasteiger partial charge in [0.15, 0.2) is 0 Å². The van der Waals surface area contributed by atoms with Gasteiger partial charge in [-0.15, -0.1) is 13.2 Å². The Kier molecular flexibility index (Phi) is 16.3. The van der Waals surface area contributed by atoms with E-state index >= 15 is 0 Å². The Morgan fingerprint density at radius 2 is 1.10 bits per heavy atom. The van der Waals surface area contributed by atoms with Gasteiger partial charge in [0, 0.05) is 0 Å². The molecule has 3 rings (SSSR count). The predicted octanol–water partition coefficient (Wildman–Crippen LogP) is 10.2. The monoisotopic (exact) mass is 406 g/mol. The maximum atomic E-state index is 3.00. The number of hydrogen-bond donors (Lipinski definition) is 0. The lowest BCUT2D eigenvalue weighted by Gasteiger charge is -2.43. The fourth-order valence-electron chi connectivity index (χ4n) is 6.70. The summed E-state index contributed by atoms with van der Waals surface area (Å²) >= 11 is 0. The first-order valence-corrected chi connectivity index (χ1v) is 13.5. The van der Waals surface area contributed by atoms with Gasteiger partial charge in [0.2, 0.25) is 0 Å². The van der Waals surface area contributed by atoms with Crippen LogP contribution in [-0.4, -0.2) is 0 Å². The maximum absolute atomic E-state index is 3.00. The van der Waals surface area contributed by atoms with Crippen LogP contribution in [0.5, 0.6) is 0 Å². The molecule has 0 radical (unpaired) electrons. The Bertz CT molecular complexity index is 352. The second-order valence-corrected chi connectivity index (χ2v) is 10.2. The second kappa shape index (κ2) is 16.4. The van der Waals surface area contributed by atoms with E-state index in [4.69, 9.17) is 0 Å². The molecule has 0 N–H and O–H groups in total. The maximum Gasteiger partial charge on any atom is -0.0358 e. The molecular weight excluding hydrogens is 348 g/mol. The van der Waals surface area contributed by atoms with E-state index < -0.39 is 0 Å². The van der Waals surface area contributed by atoms with E-state index in [0.29, 0.717) is 0 Å². The molecule has 0 spiro atoms. The molecule has 174 valence electrons. The first-order chi connectivity index (χ1) is 14.0. The van der Waals surface area contributed by atoms with Crippen LogP contribution in [0.15, 0.2) is 13.2 Å². The van der Waals surface area contributed by atoms with Gasteiger partial charge in [0.05, 0.1) is 0 Å². The molecule has 8 unspecified atom stereocenters. The molecule has 0 nitrogen and oxygen atoms in total. The minimum absolute atomic E-state index is 0.971. The first-order valence-electron chi connectivity index (χ1n) is 13.5. The molecule has 0 aromatic carbocycles. The molecule has 0 bridgehead atoms. The molecule has 3 fully saturated rings. The molecular formula is C29H58. The lowest BCUT2D eigenvalue weighted by molar-refractivity contribution is 0.0672. The Labute approximate surface area is 186 Å². The van der Waals surface area contributed by atoms with Crippen LogP contribution < -0.4 is 0 Å². The lowest BCUT2D eigenvalue weighted by Crippen LogP contribution is -2.34. The number of hydrogen-bond acceptors (Lipinski definition) is 0. The van der Waals surface area contributed by atoms with Crippen LogP contribution in [0.3, 0.4) is 0 Å². The van der Waals surface area contributed by atoms with E-state index in [2.05, 4.69) is 54.7 Å². The van der Waals surface area contributed by atoms with Crippen molar-refractivity contribution in [3.05, 3.63) is 13.2 Å². The molecule has 0 amide bonds. The highest BCUT2D eigenvalue weighted by molar-refractivity contribution is 4.86. The van der Waals surface area contributed by atoms with Gasteiger partial charge in [-0.25, -0.2) is 0 Å². The minimum atomic E-state index is 0.971. The van der Waals surface area contributed by atoms with Gasteiger partial charge >= 0.3 is 0 Å². The third-order valence-corrected chi connectivity index (χ3v) is 8.73. The van der Waals surface area contributed by atoms with Crippen molar-refractivity contribution in [2.75, 3.05) is 0 Å². The van der Waals surface area contributed by atoms with Crippen molar-refractivity contribution < 1.29 is 0 Å². The van der Waals surface area contributed by atoms with E-state index in [9.17, 15) is 0 Å². The van der Waals surface area contributed by atoms with Crippen LogP contribution in [0, 0.1) is 47.3 Å². The fourth-order valence-corrected chi connectivity index (χ4v) is 6.70. The Balaban J connectivity index is 0.000000462. The molecule has 0 saturated heterocycles. The third-order valence-electron chi connectivity index (χ3n) is 8.73. The molecule has 3 aliphatic rings. The summed E-state index contributed by atoms with van der Waals surface area (Å²) in [5.41, 5.74) is 0. The van der Waals surface area contributed by atoms with Crippen molar-refractivity contribution in [3.63, 3.8) is 0 Å². The zero-order valence-corrected chi connectivity index (χ0v) is 21.8. The van der Waals surface area contributed by atoms with Gasteiger partial charge in [-0.3, -0.25) is 0 Å². The highest BCUT2D eigenvalue weighted by Gasteiger charge is 2.36. The smallest absolute Gasteiger partial charge is 0.0358 e. The van der Waals surface area contributed by atoms with E-state index in [1.807, 2.05) is 13.8 Å². The van der Waals surface area contributed by atoms with E-state index in [-0.39, 0.29) is 0 Å². The minimum Gasteiger partial charge on any atom is -0.106 e. The van der Waals surface area contributed by atoms with Gasteiger partial charge in [0.1, 0.15) is 0 Å². The number of fused-ring (bicyclic) bond motifs is 1. The van der Waals surface area contributed by atoms with Crippen molar-refractivity contribution in [3.8, 4) is 0 Å². The molecule has 3 aliphatic carbocycles. The zero-order valence-electron chi connectivity index (χ0n) is 21.8. The Hall–Kier alpha value is -0.260. The van der Waals surface area contributed by atoms with E-state index in [0.717, 1.165) is 47.3 Å². The molecule has 0 aromatic rings. The average Bonchev–Trinajstić information content (AvgIpc) is 2.78. The summed E-state index contributed by atoms with van der Waals surface area (Å²) in [6, 6.07) is 0. The van der Waals surface area contributed by atoms with Crippen molar-refractivity contribution in [2.24, 2.45) is 47.3 Å². The SMILES string of the molecule is C=C.CC.CC1CCC(C)C2CCCCC12.CCCC1C(CC)CCC(C)C1C. The standard InChI is InChI=1S/C13H26.C12H22.C2H6.C2H4/c1-5-7-13-11(4)10(3)8-9-12(13)6-2;1-9-7-8-10(2)12-6-4-3-5-11(9)12;2*1-2/h10-13H,5-9H2,1-4H3;9-12H,3-8H2,1-2H3;1-2H3;1-2H2. The summed E-state index contributed by atoms with van der Waals surface area (Å²) in [6.07, 6.45) is 16.3. The van der Waals surface area contributed by atoms with Gasteiger partial charge in [0.25, 0.3) is 0 Å². The average molecular weight is 407 g/mol. The first kappa shape index (κ1) is 28.7. The van der Waals surface area contributed by atoms with Gasteiger partial charge in [-0.1, -0.05) is 107 Å². The van der Waals surface area contributed by atoms with Crippen molar-refractivity contribution >= 4 is 0 Å². The summed E-state index contributed by atoms with van der Waals surface area (Å²) in [6.45, 7) is 24.6. The van der Waals surface area contributed by atoms with Gasteiger partial charge in [-0.2, -0.15) is 0 Å². The summed E-state index contributed by atoms with van der Waals surface area (Å²) < 4.78 is 0. The summed E-state index contributed by atoms with van der Waals surface area (Å²) in [4.78, 5) is 0. The normalized spacial score (nSPS) is 38.6. The van der Waals surface area contributed by atoms with Crippen molar-refractivity contribution in [1.29, 1.82) is 0 Å². The molecule has 0 aromatic heterocycles. The van der Waals surface area contributed by atoms with Gasteiger partial charge in [-0.05, 0) is 66.6 Å². The molecule has 29 heavy (non-hydrogen) atoms. The predicted molar refractivity (Wildman–Crippen MR) is 135 cm³/mol. The molecule has 0 heterocycles. The fraction of sp³-hybridized carbons (Fsp3) is 0.931. The second-order valence-electron chi connectivity index (χ2n) is 10.2. The Morgan fingerprint density at radius 3 is 1.52 bits per heavy atom. The van der Waals surface area contributed by atoms with Crippen LogP contribution in [0.1, 0.15) is 126 Å². The Morgan fingerprint density at radius 1 is 0.655 bits per heavy atom. The van der Waals surface area contributed by atoms with Crippen LogP contribution in [0.2, 0.25) is 0 Å². The highest BCUT2D eigenvalue weighted by atomic mass is 14.4. The van der Waals surface area contributed by atoms with E-state index in [1.54, 1.807) is 0 Å². The molecule has 8 atom stereocenters. The number of rotatable bonds is 3. The largest absolute Gasteiger partial charge is 0.106 e. The van der Waals surface area contributed by atoms with Crippen LogP contribution >= 0.6 is 0 Å². The van der Waals surface area contributed by atoms with Crippen LogP contribution in [-0.2, 0) is 0 Å². The third kappa shape index (κ3) is 8.78. The molecule has 3 saturated carbocycles. The topological polar surface area (TPSA) is 0 Å². The molecule has 0 heteroatoms. The quantitative estimate of drug-likeness (QED) is 0.409. The summed E-state index contributed by atoms with van der Waals surface area (Å²) in [5.74, 6) is 8.27. The highest BCUT2D eigenvalue weighted by Crippen LogP contribution is 2.46. The zero-order chi connectivity index (χ0) is 22.4. The van der Waals surface area contributed by atoms with Crippen molar-refractivity contribution in [1.82, 2.24) is 0 Å². The van der Waals surface area contributed by atoms with Crippen LogP contribution in [0.4, 0.5) is 0 Å². The van der Waals surface area contributed by atoms with Crippen molar-refractivity contribution in [2.45, 2.75) is 126 Å². The van der Waals surface area contributed by atoms with Crippen LogP contribution in [0.25, 0.3) is 0 Å². The summed E-state index contributed by atoms with van der Waals surface area (Å²) in [7, 11) is 0. The van der Waals surface area contributed by atoms with Gasteiger partial charge < -0.3 is 0 Å².